The van der Waals surface area contributed by atoms with E-state index < -0.39 is 12.3 Å². The van der Waals surface area contributed by atoms with Gasteiger partial charge in [-0.2, -0.15) is 0 Å². The monoisotopic (exact) mass is 338 g/mol. The zero-order valence-electron chi connectivity index (χ0n) is 12.6. The molecule has 0 saturated carbocycles. The number of esters is 1. The minimum atomic E-state index is -0.670. The fourth-order valence-electron chi connectivity index (χ4n) is 1.67. The van der Waals surface area contributed by atoms with Crippen molar-refractivity contribution in [3.8, 4) is 17.4 Å². The van der Waals surface area contributed by atoms with Crippen LogP contribution in [0.25, 0.3) is 0 Å². The highest BCUT2D eigenvalue weighted by molar-refractivity contribution is 6.29. The van der Waals surface area contributed by atoms with Crippen LogP contribution >= 0.6 is 11.6 Å². The second-order valence-corrected chi connectivity index (χ2v) is 4.69. The lowest BCUT2D eigenvalue weighted by Crippen LogP contribution is -2.21. The molecule has 0 aliphatic rings. The third-order valence-electron chi connectivity index (χ3n) is 2.76. The van der Waals surface area contributed by atoms with E-state index in [1.54, 1.807) is 24.3 Å². The number of nitrogens with zero attached hydrogens (tertiary/aromatic N) is 2. The first-order chi connectivity index (χ1) is 11.1. The molecule has 0 fully saturated rings. The number of para-hydroxylation sites is 2. The summed E-state index contributed by atoms with van der Waals surface area (Å²) in [6.07, 6.45) is 0.547. The maximum absolute atomic E-state index is 11.9. The molecule has 0 saturated heterocycles. The molecule has 1 aromatic carbocycles. The Labute approximate surface area is 138 Å². The van der Waals surface area contributed by atoms with Crippen LogP contribution in [0.3, 0.4) is 0 Å². The molecule has 2 rings (SSSR count). The van der Waals surface area contributed by atoms with Crippen LogP contribution < -0.4 is 9.47 Å². The van der Waals surface area contributed by atoms with E-state index >= 15 is 0 Å². The average molecular weight is 339 g/mol. The first-order valence-corrected chi connectivity index (χ1v) is 7.01. The van der Waals surface area contributed by atoms with Crippen LogP contribution in [0.5, 0.6) is 17.4 Å². The fourth-order valence-corrected chi connectivity index (χ4v) is 1.80. The maximum Gasteiger partial charge on any atom is 0.316 e. The van der Waals surface area contributed by atoms with Crippen LogP contribution in [-0.2, 0) is 14.3 Å². The molecule has 1 heterocycles. The van der Waals surface area contributed by atoms with Crippen molar-refractivity contribution in [1.82, 2.24) is 9.97 Å². The third-order valence-corrected chi connectivity index (χ3v) is 2.96. The second-order valence-electron chi connectivity index (χ2n) is 4.31. The van der Waals surface area contributed by atoms with Gasteiger partial charge in [0.05, 0.1) is 6.42 Å². The summed E-state index contributed by atoms with van der Waals surface area (Å²) in [5, 5.41) is 0.243. The summed E-state index contributed by atoms with van der Waals surface area (Å²) >= 11 is 5.78. The number of ether oxygens (including phenoxy) is 4. The van der Waals surface area contributed by atoms with Gasteiger partial charge < -0.3 is 18.9 Å². The van der Waals surface area contributed by atoms with E-state index in [-0.39, 0.29) is 23.2 Å². The summed E-state index contributed by atoms with van der Waals surface area (Å²) in [6.45, 7) is 0. The van der Waals surface area contributed by atoms with E-state index in [1.807, 2.05) is 0 Å². The first-order valence-electron chi connectivity index (χ1n) is 6.63. The highest BCUT2D eigenvalue weighted by atomic mass is 35.5. The molecule has 0 amide bonds. The van der Waals surface area contributed by atoms with E-state index in [4.69, 9.17) is 30.5 Å². The number of methoxy groups -OCH3 is 2. The Morgan fingerprint density at radius 3 is 2.52 bits per heavy atom. The van der Waals surface area contributed by atoms with Gasteiger partial charge in [0.25, 0.3) is 0 Å². The minimum absolute atomic E-state index is 0.0549. The molecule has 1 aromatic heterocycles. The highest BCUT2D eigenvalue weighted by Crippen LogP contribution is 2.31. The fraction of sp³-hybridized carbons (Fsp3) is 0.267. The lowest BCUT2D eigenvalue weighted by atomic mass is 10.3. The quantitative estimate of drug-likeness (QED) is 0.332. The van der Waals surface area contributed by atoms with Crippen molar-refractivity contribution < 1.29 is 23.7 Å². The van der Waals surface area contributed by atoms with Gasteiger partial charge in [0.2, 0.25) is 5.88 Å². The molecule has 2 aromatic rings. The maximum atomic E-state index is 11.9. The van der Waals surface area contributed by atoms with E-state index in [0.717, 1.165) is 0 Å². The molecule has 0 unspecified atom stereocenters. The van der Waals surface area contributed by atoms with Crippen molar-refractivity contribution in [1.29, 1.82) is 0 Å². The van der Waals surface area contributed by atoms with Crippen LogP contribution in [0.1, 0.15) is 6.42 Å². The number of halogens is 1. The Bertz CT molecular complexity index is 664. The van der Waals surface area contributed by atoms with Crippen molar-refractivity contribution in [3.63, 3.8) is 0 Å². The molecule has 0 atom stereocenters. The molecule has 7 nitrogen and oxygen atoms in total. The molecule has 0 radical (unpaired) electrons. The lowest BCUT2D eigenvalue weighted by molar-refractivity contribution is -0.151. The predicted octanol–water partition coefficient (Wildman–Crippen LogP) is 2.84. The number of carbonyl (C=O) groups excluding carboxylic acids is 1. The molecule has 0 aliphatic heterocycles. The van der Waals surface area contributed by atoms with E-state index in [0.29, 0.717) is 5.75 Å². The number of hydrogen-bond acceptors (Lipinski definition) is 7. The molecule has 0 spiro atoms. The van der Waals surface area contributed by atoms with Crippen molar-refractivity contribution in [3.05, 3.63) is 41.8 Å². The summed E-state index contributed by atoms with van der Waals surface area (Å²) in [5.41, 5.74) is 0. The van der Waals surface area contributed by atoms with Crippen molar-refractivity contribution >= 4 is 17.6 Å². The summed E-state index contributed by atoms with van der Waals surface area (Å²) in [7, 11) is 2.88. The number of benzene rings is 1. The van der Waals surface area contributed by atoms with Gasteiger partial charge in [-0.1, -0.05) is 23.7 Å². The van der Waals surface area contributed by atoms with E-state index in [1.165, 1.54) is 26.6 Å². The van der Waals surface area contributed by atoms with Crippen LogP contribution in [0.15, 0.2) is 36.7 Å². The molecular formula is C15H15ClN2O5. The van der Waals surface area contributed by atoms with E-state index in [9.17, 15) is 4.79 Å². The van der Waals surface area contributed by atoms with Crippen molar-refractivity contribution in [2.75, 3.05) is 14.2 Å². The Kier molecular flexibility index (Phi) is 6.28. The molecule has 122 valence electrons. The van der Waals surface area contributed by atoms with Crippen LogP contribution in [0.2, 0.25) is 5.15 Å². The van der Waals surface area contributed by atoms with Crippen LogP contribution in [0.4, 0.5) is 0 Å². The summed E-state index contributed by atoms with van der Waals surface area (Å²) < 4.78 is 20.8. The number of carbonyl (C=O) groups is 1. The third kappa shape index (κ3) is 5.17. The Hall–Kier alpha value is -2.22. The largest absolute Gasteiger partial charge is 0.435 e. The smallest absolute Gasteiger partial charge is 0.316 e. The zero-order valence-corrected chi connectivity index (χ0v) is 13.3. The lowest BCUT2D eigenvalue weighted by Gasteiger charge is -2.14. The Morgan fingerprint density at radius 1 is 1.17 bits per heavy atom. The van der Waals surface area contributed by atoms with Gasteiger partial charge in [0, 0.05) is 20.3 Å². The van der Waals surface area contributed by atoms with Gasteiger partial charge in [-0.3, -0.25) is 4.79 Å². The molecule has 0 bridgehead atoms. The van der Waals surface area contributed by atoms with Crippen LogP contribution in [-0.4, -0.2) is 36.4 Å². The average Bonchev–Trinajstić information content (AvgIpc) is 2.54. The van der Waals surface area contributed by atoms with E-state index in [2.05, 4.69) is 9.97 Å². The summed E-state index contributed by atoms with van der Waals surface area (Å²) in [6, 6.07) is 8.15. The Balaban J connectivity index is 2.09. The van der Waals surface area contributed by atoms with Gasteiger partial charge in [0.15, 0.2) is 17.8 Å². The highest BCUT2D eigenvalue weighted by Gasteiger charge is 2.16. The summed E-state index contributed by atoms with van der Waals surface area (Å²) in [4.78, 5) is 19.6. The second kappa shape index (κ2) is 8.42. The number of hydrogen-bond donors (Lipinski definition) is 0. The molecule has 0 N–H and O–H groups in total. The molecule has 8 heteroatoms. The predicted molar refractivity (Wildman–Crippen MR) is 81.6 cm³/mol. The molecular weight excluding hydrogens is 324 g/mol. The summed E-state index contributed by atoms with van der Waals surface area (Å²) in [5.74, 6) is 0.288. The van der Waals surface area contributed by atoms with Crippen molar-refractivity contribution in [2.45, 2.75) is 12.7 Å². The normalized spacial score (nSPS) is 10.6. The van der Waals surface area contributed by atoms with Gasteiger partial charge >= 0.3 is 5.97 Å². The van der Waals surface area contributed by atoms with Gasteiger partial charge in [0.1, 0.15) is 11.5 Å². The standard InChI is InChI=1S/C15H15ClN2O5/c1-20-15(21-2)8-14(19)23-11-6-4-3-5-10(11)22-13-7-12(16)17-9-18-13/h3-7,9,15H,8H2,1-2H3. The zero-order chi connectivity index (χ0) is 16.7. The Morgan fingerprint density at radius 2 is 1.87 bits per heavy atom. The van der Waals surface area contributed by atoms with Gasteiger partial charge in [-0.25, -0.2) is 9.97 Å². The SMILES string of the molecule is COC(CC(=O)Oc1ccccc1Oc1cc(Cl)ncn1)OC. The van der Waals surface area contributed by atoms with Crippen molar-refractivity contribution in [2.24, 2.45) is 0 Å². The molecule has 23 heavy (non-hydrogen) atoms. The molecule has 0 aliphatic carbocycles. The first kappa shape index (κ1) is 17.1. The van der Waals surface area contributed by atoms with Gasteiger partial charge in [-0.05, 0) is 12.1 Å². The van der Waals surface area contributed by atoms with Crippen LogP contribution in [0, 0.1) is 0 Å². The number of aromatic nitrogens is 2. The topological polar surface area (TPSA) is 79.8 Å². The number of rotatable bonds is 7. The minimum Gasteiger partial charge on any atom is -0.435 e. The van der Waals surface area contributed by atoms with Gasteiger partial charge in [-0.15, -0.1) is 0 Å².